The van der Waals surface area contributed by atoms with Gasteiger partial charge in [-0.1, -0.05) is 273 Å². The third-order valence-electron chi connectivity index (χ3n) is 23.5. The lowest BCUT2D eigenvalue weighted by molar-refractivity contribution is 1.07. The standard InChI is InChI=1S/C57H35N5S.C51H31N5S/c1-3-15-36(16-4-1)55-58-56(37-17-5-2-6-18-37)60-57(59-55)40-21-13-19-38(31-40)39-20-14-22-41(32-39)61-49-26-10-7-23-43(49)46-33-42(29-30-51(46)61)62-50-27-11-8-24-44(50)47-35-54-48(34-52(47)62)45-25-9-12-28-53(45)63-54;1-3-14-32(15-4-1)49-52-50(33-16-5-2-6-17-33)54-51(53-49)34-18-13-19-35(28-34)55-43-23-10-7-20-37(43)40-29-36(26-27-45(40)55)56-44-24-11-8-21-38(44)41-31-48-42(30-46(41)56)39-22-9-12-25-47(39)57-48/h1-35H;1-31H. The van der Waals surface area contributed by atoms with Gasteiger partial charge in [0.1, 0.15) is 0 Å². The van der Waals surface area contributed by atoms with Gasteiger partial charge < -0.3 is 18.3 Å². The van der Waals surface area contributed by atoms with E-state index in [2.05, 4.69) is 297 Å². The maximum Gasteiger partial charge on any atom is 0.164 e. The molecule has 0 atom stereocenters. The van der Waals surface area contributed by atoms with Crippen molar-refractivity contribution >= 4 is 150 Å². The summed E-state index contributed by atoms with van der Waals surface area (Å²) in [5, 5.41) is 15.1. The first-order chi connectivity index (χ1) is 59.5. The van der Waals surface area contributed by atoms with Gasteiger partial charge in [-0.05, 0) is 139 Å². The molecule has 0 saturated heterocycles. The molecule has 0 aliphatic carbocycles. The minimum absolute atomic E-state index is 0.631. The summed E-state index contributed by atoms with van der Waals surface area (Å²) in [6, 6.07) is 142. The van der Waals surface area contributed by atoms with Crippen LogP contribution in [0.1, 0.15) is 0 Å². The molecule has 0 spiro atoms. The Balaban J connectivity index is 0.000000137. The van der Waals surface area contributed by atoms with Gasteiger partial charge in [0.2, 0.25) is 0 Å². The zero-order valence-corrected chi connectivity index (χ0v) is 66.0. The lowest BCUT2D eigenvalue weighted by Gasteiger charge is -2.12. The van der Waals surface area contributed by atoms with Crippen LogP contribution >= 0.6 is 22.7 Å². The van der Waals surface area contributed by atoms with Crippen molar-refractivity contribution in [3.8, 4) is 102 Å². The van der Waals surface area contributed by atoms with E-state index < -0.39 is 0 Å². The second kappa shape index (κ2) is 28.1. The topological polar surface area (TPSA) is 97.1 Å². The van der Waals surface area contributed by atoms with Crippen LogP contribution in [0.15, 0.2) is 400 Å². The minimum Gasteiger partial charge on any atom is -0.309 e. The Kier molecular flexibility index (Phi) is 16.1. The molecule has 0 fully saturated rings. The molecule has 8 heterocycles. The lowest BCUT2D eigenvalue weighted by Crippen LogP contribution is -2.01. The number of nitrogens with zero attached hydrogens (tertiary/aromatic N) is 10. The fourth-order valence-electron chi connectivity index (χ4n) is 18.0. The molecular weight excluding hydrogens is 1500 g/mol. The van der Waals surface area contributed by atoms with E-state index in [1.165, 1.54) is 106 Å². The Hall–Kier alpha value is -15.6. The van der Waals surface area contributed by atoms with Crippen molar-refractivity contribution in [1.29, 1.82) is 0 Å². The van der Waals surface area contributed by atoms with Crippen LogP contribution < -0.4 is 0 Å². The number of hydrogen-bond acceptors (Lipinski definition) is 8. The van der Waals surface area contributed by atoms with E-state index in [0.29, 0.717) is 34.9 Å². The first kappa shape index (κ1) is 68.8. The van der Waals surface area contributed by atoms with Crippen LogP contribution in [0.5, 0.6) is 0 Å². The van der Waals surface area contributed by atoms with Crippen LogP contribution in [-0.2, 0) is 0 Å². The maximum atomic E-state index is 5.03. The van der Waals surface area contributed by atoms with Crippen LogP contribution in [0, 0.1) is 0 Å². The molecule has 120 heavy (non-hydrogen) atoms. The van der Waals surface area contributed by atoms with Crippen molar-refractivity contribution in [2.75, 3.05) is 0 Å². The molecule has 0 N–H and O–H groups in total. The quantitative estimate of drug-likeness (QED) is 0.128. The number of fused-ring (bicyclic) bond motifs is 18. The highest BCUT2D eigenvalue weighted by Crippen LogP contribution is 2.46. The molecule has 0 amide bonds. The van der Waals surface area contributed by atoms with Gasteiger partial charge in [-0.3, -0.25) is 0 Å². The third kappa shape index (κ3) is 11.5. The Morgan fingerprint density at radius 1 is 0.142 bits per heavy atom. The van der Waals surface area contributed by atoms with Gasteiger partial charge in [-0.2, -0.15) is 0 Å². The van der Waals surface area contributed by atoms with E-state index in [4.69, 9.17) is 29.9 Å². The molecule has 0 saturated carbocycles. The minimum atomic E-state index is 0.631. The van der Waals surface area contributed by atoms with Crippen molar-refractivity contribution in [3.05, 3.63) is 400 Å². The van der Waals surface area contributed by atoms with E-state index in [0.717, 1.165) is 89.3 Å². The average Bonchev–Trinajstić information content (AvgIpc) is 1.57. The van der Waals surface area contributed by atoms with E-state index in [-0.39, 0.29) is 0 Å². The zero-order valence-electron chi connectivity index (χ0n) is 64.4. The summed E-state index contributed by atoms with van der Waals surface area (Å²) >= 11 is 3.74. The number of para-hydroxylation sites is 4. The second-order valence-electron chi connectivity index (χ2n) is 30.5. The second-order valence-corrected chi connectivity index (χ2v) is 32.7. The summed E-state index contributed by atoms with van der Waals surface area (Å²) in [5.74, 6) is 3.85. The summed E-state index contributed by atoms with van der Waals surface area (Å²) in [7, 11) is 0. The summed E-state index contributed by atoms with van der Waals surface area (Å²) < 4.78 is 14.9. The predicted molar refractivity (Wildman–Crippen MR) is 501 cm³/mol. The Morgan fingerprint density at radius 3 is 0.783 bits per heavy atom. The first-order valence-corrected chi connectivity index (χ1v) is 41.9. The maximum absolute atomic E-state index is 5.03. The molecular formula is C108H66N10S2. The Morgan fingerprint density at radius 2 is 0.400 bits per heavy atom. The highest BCUT2D eigenvalue weighted by Gasteiger charge is 2.24. The molecule has 0 unspecified atom stereocenters. The normalized spacial score (nSPS) is 11.8. The van der Waals surface area contributed by atoms with E-state index in [1.54, 1.807) is 0 Å². The third-order valence-corrected chi connectivity index (χ3v) is 25.8. The molecule has 0 bridgehead atoms. The van der Waals surface area contributed by atoms with Gasteiger partial charge in [0.05, 0.1) is 44.1 Å². The number of rotatable bonds is 11. The van der Waals surface area contributed by atoms with E-state index in [9.17, 15) is 0 Å². The Bertz CT molecular complexity index is 8310. The van der Waals surface area contributed by atoms with Gasteiger partial charge in [-0.25, -0.2) is 29.9 Å². The molecule has 0 aliphatic rings. The highest BCUT2D eigenvalue weighted by molar-refractivity contribution is 7.26. The molecule has 10 nitrogen and oxygen atoms in total. The van der Waals surface area contributed by atoms with Crippen LogP contribution in [0.25, 0.3) is 230 Å². The van der Waals surface area contributed by atoms with Gasteiger partial charge in [0.25, 0.3) is 0 Å². The molecule has 25 rings (SSSR count). The van der Waals surface area contributed by atoms with Crippen LogP contribution in [0.3, 0.4) is 0 Å². The van der Waals surface area contributed by atoms with Crippen LogP contribution in [-0.4, -0.2) is 48.2 Å². The molecule has 17 aromatic carbocycles. The summed E-state index contributed by atoms with van der Waals surface area (Å²) in [6.07, 6.45) is 0. The zero-order chi connectivity index (χ0) is 78.9. The largest absolute Gasteiger partial charge is 0.309 e. The summed E-state index contributed by atoms with van der Waals surface area (Å²) in [6.45, 7) is 0. The van der Waals surface area contributed by atoms with Crippen molar-refractivity contribution in [3.63, 3.8) is 0 Å². The van der Waals surface area contributed by atoms with Gasteiger partial charge >= 0.3 is 0 Å². The SMILES string of the molecule is c1ccc(-c2nc(-c3ccccc3)nc(-c3cccc(-c4cccc(-n5c6ccccc6c6cc(-n7c8ccccc8c8cc9sc%10ccccc%10c9cc87)ccc65)c4)c3)n2)cc1.c1ccc(-c2nc(-c3ccccc3)nc(-c3cccc(-n4c5ccccc5c5cc(-n6c7ccccc7c7cc8sc9ccccc9c8cc76)ccc54)c3)n2)cc1. The number of hydrogen-bond donors (Lipinski definition) is 0. The smallest absolute Gasteiger partial charge is 0.164 e. The summed E-state index contributed by atoms with van der Waals surface area (Å²) in [4.78, 5) is 29.9. The Labute approximate surface area is 696 Å². The summed E-state index contributed by atoms with van der Waals surface area (Å²) in [5.41, 5.74) is 21.7. The molecule has 560 valence electrons. The number of thiophene rings is 2. The van der Waals surface area contributed by atoms with E-state index in [1.807, 2.05) is 144 Å². The molecule has 25 aromatic rings. The number of benzene rings is 17. The van der Waals surface area contributed by atoms with Crippen LogP contribution in [0.4, 0.5) is 0 Å². The van der Waals surface area contributed by atoms with E-state index >= 15 is 0 Å². The average molecular weight is 1570 g/mol. The molecule has 0 radical (unpaired) electrons. The fraction of sp³-hybridized carbons (Fsp3) is 0. The highest BCUT2D eigenvalue weighted by atomic mass is 32.1. The molecule has 0 aliphatic heterocycles. The fourth-order valence-corrected chi connectivity index (χ4v) is 20.3. The van der Waals surface area contributed by atoms with Crippen LogP contribution in [0.2, 0.25) is 0 Å². The van der Waals surface area contributed by atoms with Gasteiger partial charge in [0, 0.05) is 140 Å². The molecule has 12 heteroatoms. The van der Waals surface area contributed by atoms with Gasteiger partial charge in [-0.15, -0.1) is 22.7 Å². The van der Waals surface area contributed by atoms with Gasteiger partial charge in [0.15, 0.2) is 34.9 Å². The van der Waals surface area contributed by atoms with Crippen molar-refractivity contribution in [2.24, 2.45) is 0 Å². The predicted octanol–water partition coefficient (Wildman–Crippen LogP) is 28.5. The lowest BCUT2D eigenvalue weighted by atomic mass is 10.0. The van der Waals surface area contributed by atoms with Crippen molar-refractivity contribution in [1.82, 2.24) is 48.2 Å². The number of aromatic nitrogens is 10. The molecule has 8 aromatic heterocycles. The van der Waals surface area contributed by atoms with Crippen molar-refractivity contribution in [2.45, 2.75) is 0 Å². The monoisotopic (exact) mass is 1570 g/mol. The van der Waals surface area contributed by atoms with Crippen molar-refractivity contribution < 1.29 is 0 Å². The first-order valence-electron chi connectivity index (χ1n) is 40.3.